The smallest absolute Gasteiger partial charge is 0.0314 e. The van der Waals surface area contributed by atoms with Crippen LogP contribution in [0, 0.1) is 0 Å². The summed E-state index contributed by atoms with van der Waals surface area (Å²) in [4.78, 5) is 0. The summed E-state index contributed by atoms with van der Waals surface area (Å²) in [6.45, 7) is 4.05. The van der Waals surface area contributed by atoms with Crippen LogP contribution in [0.3, 0.4) is 0 Å². The first kappa shape index (κ1) is 9.59. The Kier molecular flexibility index (Phi) is 3.32. The number of allylic oxidation sites excluding steroid dienone is 4. The molecule has 1 aromatic rings. The fraction of sp³-hybridized carbons (Fsp3) is 0.167. The molecule has 0 atom stereocenters. The van der Waals surface area contributed by atoms with E-state index in [9.17, 15) is 0 Å². The van der Waals surface area contributed by atoms with E-state index in [-0.39, 0.29) is 0 Å². The zero-order chi connectivity index (χ0) is 9.68. The first-order valence-electron chi connectivity index (χ1n) is 4.43. The molecule has 1 heteroatoms. The highest BCUT2D eigenvalue weighted by atomic mass is 14.5. The van der Waals surface area contributed by atoms with Gasteiger partial charge in [-0.15, -0.1) is 0 Å². The van der Waals surface area contributed by atoms with Crippen molar-refractivity contribution in [3.8, 4) is 0 Å². The standard InChI is InChI=1S/C12H15N/c1-3-5-10(4-2)11-6-8-12(13)9-7-11/h3-9H,13H2,1-2H3/b5-3-,10-4+. The highest BCUT2D eigenvalue weighted by molar-refractivity contribution is 5.74. The second kappa shape index (κ2) is 4.51. The molecular weight excluding hydrogens is 158 g/mol. The third-order valence-electron chi connectivity index (χ3n) is 1.90. The summed E-state index contributed by atoms with van der Waals surface area (Å²) in [5.41, 5.74) is 8.84. The van der Waals surface area contributed by atoms with Gasteiger partial charge in [-0.25, -0.2) is 0 Å². The zero-order valence-electron chi connectivity index (χ0n) is 8.12. The molecule has 0 radical (unpaired) electrons. The molecule has 0 saturated carbocycles. The van der Waals surface area contributed by atoms with Gasteiger partial charge in [0.05, 0.1) is 0 Å². The van der Waals surface area contributed by atoms with Crippen molar-refractivity contribution in [2.45, 2.75) is 13.8 Å². The molecule has 0 heterocycles. The van der Waals surface area contributed by atoms with Crippen LogP contribution in [-0.4, -0.2) is 0 Å². The maximum atomic E-state index is 5.60. The van der Waals surface area contributed by atoms with Crippen molar-refractivity contribution in [1.82, 2.24) is 0 Å². The predicted octanol–water partition coefficient (Wildman–Crippen LogP) is 3.25. The predicted molar refractivity (Wildman–Crippen MR) is 59.3 cm³/mol. The van der Waals surface area contributed by atoms with Crippen LogP contribution >= 0.6 is 0 Å². The van der Waals surface area contributed by atoms with Crippen LogP contribution in [0.15, 0.2) is 42.5 Å². The molecule has 0 aliphatic heterocycles. The topological polar surface area (TPSA) is 26.0 Å². The van der Waals surface area contributed by atoms with Gasteiger partial charge in [0.1, 0.15) is 0 Å². The molecule has 0 aromatic heterocycles. The van der Waals surface area contributed by atoms with Crippen molar-refractivity contribution in [1.29, 1.82) is 0 Å². The monoisotopic (exact) mass is 173 g/mol. The fourth-order valence-corrected chi connectivity index (χ4v) is 1.21. The molecule has 0 fully saturated rings. The van der Waals surface area contributed by atoms with Gasteiger partial charge in [-0.1, -0.05) is 30.4 Å². The zero-order valence-corrected chi connectivity index (χ0v) is 8.12. The van der Waals surface area contributed by atoms with Gasteiger partial charge in [-0.3, -0.25) is 0 Å². The largest absolute Gasteiger partial charge is 0.399 e. The van der Waals surface area contributed by atoms with Gasteiger partial charge >= 0.3 is 0 Å². The molecule has 0 aliphatic carbocycles. The Morgan fingerprint density at radius 3 is 2.23 bits per heavy atom. The van der Waals surface area contributed by atoms with Crippen LogP contribution < -0.4 is 5.73 Å². The Bertz CT molecular complexity index is 317. The molecule has 13 heavy (non-hydrogen) atoms. The van der Waals surface area contributed by atoms with E-state index >= 15 is 0 Å². The van der Waals surface area contributed by atoms with E-state index in [2.05, 4.69) is 12.2 Å². The van der Waals surface area contributed by atoms with E-state index in [1.54, 1.807) is 0 Å². The average molecular weight is 173 g/mol. The third kappa shape index (κ3) is 2.48. The van der Waals surface area contributed by atoms with Gasteiger partial charge < -0.3 is 5.73 Å². The minimum absolute atomic E-state index is 0.805. The molecular formula is C12H15N. The Balaban J connectivity index is 3.00. The minimum atomic E-state index is 0.805. The van der Waals surface area contributed by atoms with Crippen LogP contribution in [0.5, 0.6) is 0 Å². The fourth-order valence-electron chi connectivity index (χ4n) is 1.21. The minimum Gasteiger partial charge on any atom is -0.399 e. The van der Waals surface area contributed by atoms with Crippen molar-refractivity contribution in [3.63, 3.8) is 0 Å². The Morgan fingerprint density at radius 1 is 1.15 bits per heavy atom. The summed E-state index contributed by atoms with van der Waals surface area (Å²) in [6, 6.07) is 7.90. The molecule has 0 unspecified atom stereocenters. The normalized spacial score (nSPS) is 12.3. The van der Waals surface area contributed by atoms with E-state index in [0.717, 1.165) is 5.69 Å². The lowest BCUT2D eigenvalue weighted by Crippen LogP contribution is -1.85. The average Bonchev–Trinajstić information content (AvgIpc) is 2.16. The number of hydrogen-bond donors (Lipinski definition) is 1. The summed E-state index contributed by atoms with van der Waals surface area (Å²) >= 11 is 0. The Hall–Kier alpha value is -1.50. The first-order valence-corrected chi connectivity index (χ1v) is 4.43. The van der Waals surface area contributed by atoms with Gasteiger partial charge in [0.25, 0.3) is 0 Å². The van der Waals surface area contributed by atoms with Crippen molar-refractivity contribution in [3.05, 3.63) is 48.1 Å². The number of benzene rings is 1. The van der Waals surface area contributed by atoms with E-state index in [1.807, 2.05) is 44.2 Å². The Morgan fingerprint density at radius 2 is 1.77 bits per heavy atom. The first-order chi connectivity index (χ1) is 6.27. The molecule has 0 bridgehead atoms. The highest BCUT2D eigenvalue weighted by Crippen LogP contribution is 2.16. The van der Waals surface area contributed by atoms with Crippen molar-refractivity contribution in [2.24, 2.45) is 0 Å². The van der Waals surface area contributed by atoms with Gasteiger partial charge in [0, 0.05) is 5.69 Å². The SMILES string of the molecule is C/C=C\C(=C/C)c1ccc(N)cc1. The molecule has 0 saturated heterocycles. The number of anilines is 1. The second-order valence-electron chi connectivity index (χ2n) is 2.87. The number of hydrogen-bond acceptors (Lipinski definition) is 1. The van der Waals surface area contributed by atoms with Crippen LogP contribution in [0.25, 0.3) is 5.57 Å². The van der Waals surface area contributed by atoms with Crippen LogP contribution in [-0.2, 0) is 0 Å². The van der Waals surface area contributed by atoms with Gasteiger partial charge in [0.2, 0.25) is 0 Å². The summed E-state index contributed by atoms with van der Waals surface area (Å²) in [5.74, 6) is 0. The highest BCUT2D eigenvalue weighted by Gasteiger charge is 1.94. The lowest BCUT2D eigenvalue weighted by atomic mass is 10.1. The number of rotatable bonds is 2. The van der Waals surface area contributed by atoms with E-state index in [0.29, 0.717) is 0 Å². The van der Waals surface area contributed by atoms with E-state index in [1.165, 1.54) is 11.1 Å². The summed E-state index contributed by atoms with van der Waals surface area (Å²) in [6.07, 6.45) is 6.21. The quantitative estimate of drug-likeness (QED) is 0.539. The van der Waals surface area contributed by atoms with Crippen molar-refractivity contribution in [2.75, 3.05) is 5.73 Å². The van der Waals surface area contributed by atoms with Crippen molar-refractivity contribution >= 4 is 11.3 Å². The summed E-state index contributed by atoms with van der Waals surface area (Å²) in [7, 11) is 0. The lowest BCUT2D eigenvalue weighted by Gasteiger charge is -2.01. The molecule has 1 nitrogen and oxygen atoms in total. The van der Waals surface area contributed by atoms with E-state index < -0.39 is 0 Å². The molecule has 1 aromatic carbocycles. The summed E-state index contributed by atoms with van der Waals surface area (Å²) < 4.78 is 0. The Labute approximate surface area is 79.6 Å². The third-order valence-corrected chi connectivity index (χ3v) is 1.90. The molecule has 1 rings (SSSR count). The lowest BCUT2D eigenvalue weighted by molar-refractivity contribution is 1.58. The summed E-state index contributed by atoms with van der Waals surface area (Å²) in [5, 5.41) is 0. The van der Waals surface area contributed by atoms with Gasteiger partial charge in [-0.2, -0.15) is 0 Å². The number of nitrogens with two attached hydrogens (primary N) is 1. The molecule has 68 valence electrons. The van der Waals surface area contributed by atoms with Gasteiger partial charge in [-0.05, 0) is 37.1 Å². The molecule has 0 spiro atoms. The van der Waals surface area contributed by atoms with Crippen LogP contribution in [0.4, 0.5) is 5.69 Å². The van der Waals surface area contributed by atoms with Crippen molar-refractivity contribution < 1.29 is 0 Å². The maximum Gasteiger partial charge on any atom is 0.0314 e. The van der Waals surface area contributed by atoms with Crippen LogP contribution in [0.1, 0.15) is 19.4 Å². The number of nitrogen functional groups attached to an aromatic ring is 1. The van der Waals surface area contributed by atoms with E-state index in [4.69, 9.17) is 5.73 Å². The van der Waals surface area contributed by atoms with Gasteiger partial charge in [0.15, 0.2) is 0 Å². The van der Waals surface area contributed by atoms with Crippen LogP contribution in [0.2, 0.25) is 0 Å². The molecule has 0 amide bonds. The second-order valence-corrected chi connectivity index (χ2v) is 2.87. The molecule has 0 aliphatic rings. The maximum absolute atomic E-state index is 5.60. The molecule has 2 N–H and O–H groups in total.